The number of imide groups is 1. The summed E-state index contributed by atoms with van der Waals surface area (Å²) in [5.41, 5.74) is -0.201. The first kappa shape index (κ1) is 15.3. The van der Waals surface area contributed by atoms with Gasteiger partial charge in [0.05, 0.1) is 24.3 Å². The number of morpholine rings is 1. The van der Waals surface area contributed by atoms with Crippen LogP contribution in [0.4, 0.5) is 0 Å². The molecule has 24 heavy (non-hydrogen) atoms. The van der Waals surface area contributed by atoms with Crippen LogP contribution >= 0.6 is 0 Å². The van der Waals surface area contributed by atoms with Crippen LogP contribution in [0.3, 0.4) is 0 Å². The highest BCUT2D eigenvalue weighted by Gasteiger charge is 2.53. The molecule has 0 unspecified atom stereocenters. The number of amides is 2. The summed E-state index contributed by atoms with van der Waals surface area (Å²) in [7, 11) is 0. The molecule has 1 aliphatic carbocycles. The van der Waals surface area contributed by atoms with Crippen molar-refractivity contribution in [2.45, 2.75) is 24.8 Å². The van der Waals surface area contributed by atoms with E-state index in [-0.39, 0.29) is 11.1 Å². The van der Waals surface area contributed by atoms with Gasteiger partial charge < -0.3 is 9.57 Å². The minimum Gasteiger partial charge on any atom is -0.379 e. The van der Waals surface area contributed by atoms with Crippen molar-refractivity contribution in [1.29, 1.82) is 0 Å². The minimum atomic E-state index is -0.737. The quantitative estimate of drug-likeness (QED) is 0.770. The standard InChI is InChI=1S/C17H18N2O5/c20-14-12-4-1-2-5-13(12)15(21)19(14)24-16(22)17(6-3-7-17)18-8-10-23-11-9-18/h1-2,4-5H,3,6-11H2. The highest BCUT2D eigenvalue weighted by molar-refractivity contribution is 6.21. The van der Waals surface area contributed by atoms with Crippen LogP contribution in [-0.4, -0.2) is 59.6 Å². The molecule has 2 aliphatic heterocycles. The first-order valence-electron chi connectivity index (χ1n) is 8.16. The fourth-order valence-electron chi connectivity index (χ4n) is 3.57. The molecule has 0 N–H and O–H groups in total. The monoisotopic (exact) mass is 330 g/mol. The van der Waals surface area contributed by atoms with Crippen LogP contribution in [0.1, 0.15) is 40.0 Å². The third-order valence-corrected chi connectivity index (χ3v) is 5.11. The molecule has 7 nitrogen and oxygen atoms in total. The van der Waals surface area contributed by atoms with Crippen molar-refractivity contribution < 1.29 is 24.0 Å². The number of hydrogen-bond acceptors (Lipinski definition) is 6. The first-order chi connectivity index (χ1) is 11.6. The highest BCUT2D eigenvalue weighted by Crippen LogP contribution is 2.40. The van der Waals surface area contributed by atoms with Crippen molar-refractivity contribution >= 4 is 17.8 Å². The summed E-state index contributed by atoms with van der Waals surface area (Å²) < 4.78 is 5.34. The van der Waals surface area contributed by atoms with Crippen LogP contribution < -0.4 is 0 Å². The van der Waals surface area contributed by atoms with Crippen LogP contribution in [-0.2, 0) is 14.4 Å². The average Bonchev–Trinajstić information content (AvgIpc) is 2.80. The van der Waals surface area contributed by atoms with Gasteiger partial charge in [-0.2, -0.15) is 0 Å². The van der Waals surface area contributed by atoms with Crippen molar-refractivity contribution in [3.63, 3.8) is 0 Å². The number of benzene rings is 1. The molecule has 1 saturated carbocycles. The van der Waals surface area contributed by atoms with E-state index in [0.717, 1.165) is 6.42 Å². The summed E-state index contributed by atoms with van der Waals surface area (Å²) in [6, 6.07) is 6.47. The summed E-state index contributed by atoms with van der Waals surface area (Å²) in [4.78, 5) is 44.8. The number of ether oxygens (including phenoxy) is 1. The number of rotatable bonds is 3. The average molecular weight is 330 g/mol. The molecular weight excluding hydrogens is 312 g/mol. The van der Waals surface area contributed by atoms with E-state index < -0.39 is 23.3 Å². The number of hydrogen-bond donors (Lipinski definition) is 0. The van der Waals surface area contributed by atoms with E-state index in [2.05, 4.69) is 4.90 Å². The van der Waals surface area contributed by atoms with Gasteiger partial charge in [-0.25, -0.2) is 4.79 Å². The predicted octanol–water partition coefficient (Wildman–Crippen LogP) is 0.996. The van der Waals surface area contributed by atoms with Crippen molar-refractivity contribution in [3.05, 3.63) is 35.4 Å². The van der Waals surface area contributed by atoms with Crippen molar-refractivity contribution in [1.82, 2.24) is 9.96 Å². The fraction of sp³-hybridized carbons (Fsp3) is 0.471. The molecule has 0 radical (unpaired) electrons. The van der Waals surface area contributed by atoms with E-state index in [1.54, 1.807) is 24.3 Å². The van der Waals surface area contributed by atoms with Gasteiger partial charge in [-0.1, -0.05) is 17.2 Å². The lowest BCUT2D eigenvalue weighted by molar-refractivity contribution is -0.193. The molecule has 4 rings (SSSR count). The first-order valence-corrected chi connectivity index (χ1v) is 8.16. The molecule has 126 valence electrons. The van der Waals surface area contributed by atoms with E-state index in [1.165, 1.54) is 0 Å². The maximum Gasteiger partial charge on any atom is 0.353 e. The van der Waals surface area contributed by atoms with Crippen LogP contribution in [0.5, 0.6) is 0 Å². The zero-order valence-electron chi connectivity index (χ0n) is 13.2. The van der Waals surface area contributed by atoms with Gasteiger partial charge >= 0.3 is 5.97 Å². The lowest BCUT2D eigenvalue weighted by atomic mass is 9.75. The fourth-order valence-corrected chi connectivity index (χ4v) is 3.57. The number of fused-ring (bicyclic) bond motifs is 1. The summed E-state index contributed by atoms with van der Waals surface area (Å²) in [6.45, 7) is 2.44. The Morgan fingerprint density at radius 1 is 1.04 bits per heavy atom. The minimum absolute atomic E-state index is 0.268. The van der Waals surface area contributed by atoms with E-state index in [9.17, 15) is 14.4 Å². The predicted molar refractivity (Wildman–Crippen MR) is 82.0 cm³/mol. The highest BCUT2D eigenvalue weighted by atomic mass is 16.7. The van der Waals surface area contributed by atoms with Crippen LogP contribution in [0.25, 0.3) is 0 Å². The summed E-state index contributed by atoms with van der Waals surface area (Å²) in [5, 5.41) is 0.605. The number of nitrogens with zero attached hydrogens (tertiary/aromatic N) is 2. The second kappa shape index (κ2) is 5.68. The van der Waals surface area contributed by atoms with Gasteiger partial charge in [0.25, 0.3) is 11.8 Å². The molecule has 2 heterocycles. The Balaban J connectivity index is 1.54. The molecule has 3 aliphatic rings. The van der Waals surface area contributed by atoms with Gasteiger partial charge in [-0.15, -0.1) is 0 Å². The lowest BCUT2D eigenvalue weighted by Gasteiger charge is -2.48. The van der Waals surface area contributed by atoms with Gasteiger partial charge in [0.15, 0.2) is 0 Å². The van der Waals surface area contributed by atoms with Gasteiger partial charge in [-0.05, 0) is 31.4 Å². The Morgan fingerprint density at radius 2 is 1.62 bits per heavy atom. The maximum absolute atomic E-state index is 12.8. The summed E-state index contributed by atoms with van der Waals surface area (Å²) >= 11 is 0. The molecule has 7 heteroatoms. The zero-order valence-corrected chi connectivity index (χ0v) is 13.2. The van der Waals surface area contributed by atoms with Gasteiger partial charge in [0, 0.05) is 13.1 Å². The molecule has 1 aromatic rings. The Hall–Kier alpha value is -2.25. The molecule has 0 aromatic heterocycles. The molecule has 0 atom stereocenters. The number of carbonyl (C=O) groups excluding carboxylic acids is 3. The van der Waals surface area contributed by atoms with E-state index >= 15 is 0 Å². The Kier molecular flexibility index (Phi) is 3.62. The molecule has 0 spiro atoms. The largest absolute Gasteiger partial charge is 0.379 e. The third kappa shape index (κ3) is 2.16. The molecule has 1 saturated heterocycles. The van der Waals surface area contributed by atoms with E-state index in [4.69, 9.17) is 9.57 Å². The second-order valence-electron chi connectivity index (χ2n) is 6.31. The molecule has 2 amide bonds. The van der Waals surface area contributed by atoms with Crippen LogP contribution in [0, 0.1) is 0 Å². The normalized spacial score (nSPS) is 22.9. The molecule has 0 bridgehead atoms. The van der Waals surface area contributed by atoms with E-state index in [0.29, 0.717) is 44.2 Å². The van der Waals surface area contributed by atoms with Gasteiger partial charge in [-0.3, -0.25) is 14.5 Å². The topological polar surface area (TPSA) is 76.2 Å². The maximum atomic E-state index is 12.8. The molecule has 2 fully saturated rings. The number of hydroxylamine groups is 2. The summed E-state index contributed by atoms with van der Waals surface area (Å²) in [5.74, 6) is -1.69. The van der Waals surface area contributed by atoms with Gasteiger partial charge in [0.2, 0.25) is 0 Å². The Labute approximate surface area is 139 Å². The SMILES string of the molecule is O=C1c2ccccc2C(=O)N1OC(=O)C1(N2CCOCC2)CCC1. The Bertz CT molecular complexity index is 672. The van der Waals surface area contributed by atoms with Crippen molar-refractivity contribution in [2.24, 2.45) is 0 Å². The molecular formula is C17H18N2O5. The summed E-state index contributed by atoms with van der Waals surface area (Å²) in [6.07, 6.45) is 2.28. The zero-order chi connectivity index (χ0) is 16.7. The van der Waals surface area contributed by atoms with Crippen molar-refractivity contribution in [2.75, 3.05) is 26.3 Å². The van der Waals surface area contributed by atoms with E-state index in [1.807, 2.05) is 0 Å². The number of carbonyl (C=O) groups is 3. The third-order valence-electron chi connectivity index (χ3n) is 5.11. The lowest BCUT2D eigenvalue weighted by Crippen LogP contribution is -2.63. The van der Waals surface area contributed by atoms with Crippen LogP contribution in [0.15, 0.2) is 24.3 Å². The second-order valence-corrected chi connectivity index (χ2v) is 6.31. The smallest absolute Gasteiger partial charge is 0.353 e. The van der Waals surface area contributed by atoms with Crippen molar-refractivity contribution in [3.8, 4) is 0 Å². The van der Waals surface area contributed by atoms with Crippen LogP contribution in [0.2, 0.25) is 0 Å². The molecule has 1 aromatic carbocycles. The Morgan fingerprint density at radius 3 is 2.12 bits per heavy atom. The van der Waals surface area contributed by atoms with Gasteiger partial charge in [0.1, 0.15) is 5.54 Å².